The van der Waals surface area contributed by atoms with E-state index in [4.69, 9.17) is 5.11 Å². The molecule has 1 aromatic rings. The van der Waals surface area contributed by atoms with Crippen molar-refractivity contribution >= 4 is 21.2 Å². The minimum absolute atomic E-state index is 0.00416. The maximum Gasteiger partial charge on any atom is 0.270 e. The van der Waals surface area contributed by atoms with Crippen LogP contribution >= 0.6 is 0 Å². The molecule has 0 saturated carbocycles. The van der Waals surface area contributed by atoms with Crippen LogP contribution < -0.4 is 4.90 Å². The van der Waals surface area contributed by atoms with Gasteiger partial charge in [0.05, 0.1) is 15.5 Å². The molecule has 1 heterocycles. The molecule has 128 valence electrons. The second-order valence-corrected chi connectivity index (χ2v) is 7.57. The van der Waals surface area contributed by atoms with Crippen LogP contribution in [0.15, 0.2) is 23.1 Å². The van der Waals surface area contributed by atoms with E-state index in [-0.39, 0.29) is 17.2 Å². The summed E-state index contributed by atoms with van der Waals surface area (Å²) in [6.07, 6.45) is 1.78. The summed E-state index contributed by atoms with van der Waals surface area (Å²) in [6.45, 7) is 3.78. The molecule has 0 aromatic heterocycles. The molecular weight excluding hydrogens is 322 g/mol. The van der Waals surface area contributed by atoms with E-state index in [1.54, 1.807) is 0 Å². The molecule has 1 aromatic carbocycles. The van der Waals surface area contributed by atoms with E-state index in [1.807, 2.05) is 4.90 Å². The first-order valence-electron chi connectivity index (χ1n) is 7.39. The van der Waals surface area contributed by atoms with Crippen molar-refractivity contribution in [2.24, 2.45) is 0 Å². The van der Waals surface area contributed by atoms with Crippen LogP contribution in [0.3, 0.4) is 0 Å². The van der Waals surface area contributed by atoms with Gasteiger partial charge in [0, 0.05) is 57.7 Å². The molecule has 1 N–H and O–H groups in total. The molecule has 1 saturated heterocycles. The highest BCUT2D eigenvalue weighted by Crippen LogP contribution is 2.30. The van der Waals surface area contributed by atoms with E-state index < -0.39 is 14.8 Å². The quantitative estimate of drug-likeness (QED) is 0.592. The number of rotatable bonds is 6. The predicted molar refractivity (Wildman–Crippen MR) is 86.6 cm³/mol. The van der Waals surface area contributed by atoms with E-state index in [9.17, 15) is 18.5 Å². The number of aliphatic hydroxyl groups is 1. The monoisotopic (exact) mass is 343 g/mol. The summed E-state index contributed by atoms with van der Waals surface area (Å²) in [7, 11) is -3.56. The maximum atomic E-state index is 12.0. The number of nitrogens with zero attached hydrogens (tertiary/aromatic N) is 3. The average Bonchev–Trinajstić information content (AvgIpc) is 2.52. The molecule has 1 fully saturated rings. The fraction of sp³-hybridized carbons (Fsp3) is 0.571. The second kappa shape index (κ2) is 7.24. The van der Waals surface area contributed by atoms with E-state index in [2.05, 4.69) is 4.90 Å². The third-order valence-electron chi connectivity index (χ3n) is 3.90. The Morgan fingerprint density at radius 3 is 2.43 bits per heavy atom. The largest absolute Gasteiger partial charge is 0.396 e. The second-order valence-electron chi connectivity index (χ2n) is 5.59. The minimum Gasteiger partial charge on any atom is -0.396 e. The fourth-order valence-corrected chi connectivity index (χ4v) is 3.59. The number of hydrogen-bond donors (Lipinski definition) is 1. The molecule has 0 bridgehead atoms. The fourth-order valence-electron chi connectivity index (χ4n) is 2.68. The highest BCUT2D eigenvalue weighted by atomic mass is 32.2. The molecular formula is C14H21N3O5S. The van der Waals surface area contributed by atoms with Crippen molar-refractivity contribution in [1.82, 2.24) is 4.90 Å². The number of nitro benzene ring substituents is 1. The number of piperazine rings is 1. The summed E-state index contributed by atoms with van der Waals surface area (Å²) in [6, 6.07) is 3.98. The SMILES string of the molecule is CS(=O)(=O)c1cc([N+](=O)[O-])ccc1N1CCN(CCCO)CC1. The third kappa shape index (κ3) is 4.40. The van der Waals surface area contributed by atoms with Gasteiger partial charge in [-0.25, -0.2) is 8.42 Å². The molecule has 2 rings (SSSR count). The van der Waals surface area contributed by atoms with Crippen molar-refractivity contribution < 1.29 is 18.4 Å². The molecule has 0 unspecified atom stereocenters. The van der Waals surface area contributed by atoms with Crippen LogP contribution in [0.4, 0.5) is 11.4 Å². The van der Waals surface area contributed by atoms with Crippen molar-refractivity contribution in [3.8, 4) is 0 Å². The van der Waals surface area contributed by atoms with E-state index in [0.717, 1.165) is 32.0 Å². The predicted octanol–water partition coefficient (Wildman–Crippen LogP) is 0.503. The number of aliphatic hydroxyl groups excluding tert-OH is 1. The maximum absolute atomic E-state index is 12.0. The van der Waals surface area contributed by atoms with Crippen LogP contribution in [0, 0.1) is 10.1 Å². The lowest BCUT2D eigenvalue weighted by Crippen LogP contribution is -2.47. The summed E-state index contributed by atoms with van der Waals surface area (Å²) < 4.78 is 24.0. The molecule has 8 nitrogen and oxygen atoms in total. The van der Waals surface area contributed by atoms with Gasteiger partial charge >= 0.3 is 0 Å². The minimum atomic E-state index is -3.56. The summed E-state index contributed by atoms with van der Waals surface area (Å²) in [5, 5.41) is 19.7. The van der Waals surface area contributed by atoms with Crippen LogP contribution in [-0.4, -0.2) is 68.9 Å². The lowest BCUT2D eigenvalue weighted by atomic mass is 10.2. The third-order valence-corrected chi connectivity index (χ3v) is 5.03. The molecule has 0 aliphatic carbocycles. The first-order valence-corrected chi connectivity index (χ1v) is 9.28. The lowest BCUT2D eigenvalue weighted by Gasteiger charge is -2.36. The standard InChI is InChI=1S/C14H21N3O5S/c1-23(21,22)14-11-12(17(19)20)3-4-13(14)16-8-6-15(7-9-16)5-2-10-18/h3-4,11,18H,2,5-10H2,1H3. The molecule has 23 heavy (non-hydrogen) atoms. The van der Waals surface area contributed by atoms with Gasteiger partial charge in [-0.1, -0.05) is 0 Å². The Morgan fingerprint density at radius 2 is 1.91 bits per heavy atom. The Morgan fingerprint density at radius 1 is 1.26 bits per heavy atom. The summed E-state index contributed by atoms with van der Waals surface area (Å²) in [5.41, 5.74) is 0.288. The Bertz CT molecular complexity index is 669. The normalized spacial score (nSPS) is 16.5. The van der Waals surface area contributed by atoms with Crippen molar-refractivity contribution in [1.29, 1.82) is 0 Å². The molecule has 0 atom stereocenters. The summed E-state index contributed by atoms with van der Waals surface area (Å²) in [5.74, 6) is 0. The zero-order valence-electron chi connectivity index (χ0n) is 13.0. The van der Waals surface area contributed by atoms with Crippen LogP contribution in [0.5, 0.6) is 0 Å². The Hall–Kier alpha value is -1.71. The first-order chi connectivity index (χ1) is 10.8. The lowest BCUT2D eigenvalue weighted by molar-refractivity contribution is -0.385. The van der Waals surface area contributed by atoms with Gasteiger partial charge < -0.3 is 10.0 Å². The molecule has 0 amide bonds. The van der Waals surface area contributed by atoms with E-state index in [0.29, 0.717) is 25.2 Å². The van der Waals surface area contributed by atoms with Gasteiger partial charge in [-0.2, -0.15) is 0 Å². The van der Waals surface area contributed by atoms with Crippen LogP contribution in [0.2, 0.25) is 0 Å². The molecule has 0 radical (unpaired) electrons. The zero-order chi connectivity index (χ0) is 17.0. The van der Waals surface area contributed by atoms with Crippen LogP contribution in [-0.2, 0) is 9.84 Å². The van der Waals surface area contributed by atoms with Crippen molar-refractivity contribution in [2.45, 2.75) is 11.3 Å². The van der Waals surface area contributed by atoms with Gasteiger partial charge in [0.1, 0.15) is 0 Å². The first kappa shape index (κ1) is 17.6. The van der Waals surface area contributed by atoms with E-state index in [1.165, 1.54) is 12.1 Å². The van der Waals surface area contributed by atoms with Gasteiger partial charge in [0.15, 0.2) is 9.84 Å². The zero-order valence-corrected chi connectivity index (χ0v) is 13.8. The van der Waals surface area contributed by atoms with Gasteiger partial charge in [0.2, 0.25) is 0 Å². The van der Waals surface area contributed by atoms with Crippen molar-refractivity contribution in [2.75, 3.05) is 50.5 Å². The average molecular weight is 343 g/mol. The summed E-state index contributed by atoms with van der Waals surface area (Å²) in [4.78, 5) is 14.4. The highest BCUT2D eigenvalue weighted by molar-refractivity contribution is 7.90. The van der Waals surface area contributed by atoms with Crippen LogP contribution in [0.1, 0.15) is 6.42 Å². The van der Waals surface area contributed by atoms with Gasteiger partial charge in [-0.05, 0) is 12.5 Å². The molecule has 1 aliphatic heterocycles. The smallest absolute Gasteiger partial charge is 0.270 e. The number of benzene rings is 1. The van der Waals surface area contributed by atoms with Crippen molar-refractivity contribution in [3.63, 3.8) is 0 Å². The van der Waals surface area contributed by atoms with E-state index >= 15 is 0 Å². The number of nitro groups is 1. The Balaban J connectivity index is 2.22. The van der Waals surface area contributed by atoms with Gasteiger partial charge in [-0.15, -0.1) is 0 Å². The number of anilines is 1. The topological polar surface area (TPSA) is 104 Å². The Labute approximate surface area is 135 Å². The molecule has 1 aliphatic rings. The number of non-ortho nitro benzene ring substituents is 1. The van der Waals surface area contributed by atoms with Gasteiger partial charge in [0.25, 0.3) is 5.69 Å². The number of hydrogen-bond acceptors (Lipinski definition) is 7. The molecule has 9 heteroatoms. The highest BCUT2D eigenvalue weighted by Gasteiger charge is 2.24. The molecule has 0 spiro atoms. The van der Waals surface area contributed by atoms with Crippen molar-refractivity contribution in [3.05, 3.63) is 28.3 Å². The number of sulfone groups is 1. The Kier molecular flexibility index (Phi) is 5.55. The van der Waals surface area contributed by atoms with Gasteiger partial charge in [-0.3, -0.25) is 15.0 Å². The van der Waals surface area contributed by atoms with Crippen LogP contribution in [0.25, 0.3) is 0 Å². The summed E-state index contributed by atoms with van der Waals surface area (Å²) >= 11 is 0.